The molecule has 0 aliphatic carbocycles. The number of pyridine rings is 2. The molecule has 0 atom stereocenters. The minimum atomic E-state index is -1.13. The van der Waals surface area contributed by atoms with Gasteiger partial charge in [-0.05, 0) is 42.3 Å². The van der Waals surface area contributed by atoms with Gasteiger partial charge in [-0.3, -0.25) is 10.1 Å². The van der Waals surface area contributed by atoms with Crippen molar-refractivity contribution in [3.05, 3.63) is 111 Å². The van der Waals surface area contributed by atoms with Gasteiger partial charge in [0.2, 0.25) is 0 Å². The van der Waals surface area contributed by atoms with Crippen molar-refractivity contribution >= 4 is 72.8 Å². The molecule has 212 valence electrons. The number of benzene rings is 3. The Kier molecular flexibility index (Phi) is 6.71. The van der Waals surface area contributed by atoms with Crippen molar-refractivity contribution in [2.45, 2.75) is 6.92 Å². The molecule has 11 nitrogen and oxygen atoms in total. The number of carboxylic acid groups (broad SMARTS) is 2. The van der Waals surface area contributed by atoms with Crippen molar-refractivity contribution in [1.29, 1.82) is 0 Å². The fourth-order valence-electron chi connectivity index (χ4n) is 5.17. The number of nitrogens with one attached hydrogen (secondary N) is 2. The molecule has 0 radical (unpaired) electrons. The lowest BCUT2D eigenvalue weighted by Gasteiger charge is -2.06. The maximum atomic E-state index is 11.7. The third-order valence-electron chi connectivity index (χ3n) is 7.08. The summed E-state index contributed by atoms with van der Waals surface area (Å²) in [7, 11) is 0. The summed E-state index contributed by atoms with van der Waals surface area (Å²) < 4.78 is 0. The molecule has 12 heteroatoms. The van der Waals surface area contributed by atoms with E-state index in [1.165, 1.54) is 18.2 Å². The highest BCUT2D eigenvalue weighted by molar-refractivity contribution is 6.31. The van der Waals surface area contributed by atoms with Crippen molar-refractivity contribution in [3.8, 4) is 11.1 Å². The van der Waals surface area contributed by atoms with Gasteiger partial charge in [0, 0.05) is 56.7 Å². The van der Waals surface area contributed by atoms with E-state index in [9.17, 15) is 29.9 Å². The molecule has 0 fully saturated rings. The number of rotatable bonds is 4. The summed E-state index contributed by atoms with van der Waals surface area (Å²) in [6.45, 7) is 1.76. The summed E-state index contributed by atoms with van der Waals surface area (Å²) in [5.74, 6) is -2.19. The van der Waals surface area contributed by atoms with E-state index in [0.29, 0.717) is 37.7 Å². The van der Waals surface area contributed by atoms with E-state index in [1.54, 1.807) is 25.3 Å². The number of hydrogen-bond donors (Lipinski definition) is 4. The Balaban J connectivity index is 0.000000155. The molecule has 0 amide bonds. The normalized spacial score (nSPS) is 11.1. The largest absolute Gasteiger partial charge is 0.476 e. The van der Waals surface area contributed by atoms with Crippen molar-refractivity contribution in [2.75, 3.05) is 0 Å². The number of non-ortho nitro benzene ring substituents is 1. The number of nitro benzene ring substituents is 1. The number of halogens is 1. The van der Waals surface area contributed by atoms with Crippen LogP contribution < -0.4 is 0 Å². The Morgan fingerprint density at radius 3 is 2.16 bits per heavy atom. The lowest BCUT2D eigenvalue weighted by atomic mass is 10.0. The molecule has 0 spiro atoms. The second-order valence-electron chi connectivity index (χ2n) is 9.69. The van der Waals surface area contributed by atoms with E-state index < -0.39 is 16.9 Å². The number of hydrogen-bond acceptors (Lipinski definition) is 6. The lowest BCUT2D eigenvalue weighted by molar-refractivity contribution is -0.384. The number of H-pyrrole nitrogens is 2. The highest BCUT2D eigenvalue weighted by Crippen LogP contribution is 2.35. The summed E-state index contributed by atoms with van der Waals surface area (Å²) in [4.78, 5) is 47.9. The van der Waals surface area contributed by atoms with Crippen LogP contribution in [-0.4, -0.2) is 47.0 Å². The summed E-state index contributed by atoms with van der Waals surface area (Å²) in [5.41, 5.74) is 4.67. The van der Waals surface area contributed by atoms with Crippen molar-refractivity contribution in [2.24, 2.45) is 0 Å². The fourth-order valence-corrected chi connectivity index (χ4v) is 5.34. The second-order valence-corrected chi connectivity index (χ2v) is 10.1. The van der Waals surface area contributed by atoms with Crippen LogP contribution in [0.15, 0.2) is 79.1 Å². The Bertz CT molecular complexity index is 2260. The van der Waals surface area contributed by atoms with Gasteiger partial charge in [-0.15, -0.1) is 0 Å². The average Bonchev–Trinajstić information content (AvgIpc) is 3.61. The van der Waals surface area contributed by atoms with Gasteiger partial charge in [-0.25, -0.2) is 19.6 Å². The third-order valence-corrected chi connectivity index (χ3v) is 7.31. The molecule has 43 heavy (non-hydrogen) atoms. The molecule has 0 saturated heterocycles. The average molecular weight is 594 g/mol. The number of aromatic nitrogens is 4. The predicted octanol–water partition coefficient (Wildman–Crippen LogP) is 7.37. The molecule has 0 aliphatic rings. The molecule has 0 bridgehead atoms. The van der Waals surface area contributed by atoms with Crippen LogP contribution in [0.25, 0.3) is 54.7 Å². The molecular weight excluding hydrogens is 574 g/mol. The lowest BCUT2D eigenvalue weighted by Crippen LogP contribution is -2.02. The minimum Gasteiger partial charge on any atom is -0.476 e. The molecule has 4 aromatic heterocycles. The van der Waals surface area contributed by atoms with Gasteiger partial charge in [0.05, 0.1) is 27.0 Å². The number of nitrogens with zero attached hydrogens (tertiary/aromatic N) is 3. The quantitative estimate of drug-likeness (QED) is 0.121. The van der Waals surface area contributed by atoms with Gasteiger partial charge >= 0.3 is 11.9 Å². The Hall–Kier alpha value is -5.81. The van der Waals surface area contributed by atoms with E-state index in [4.69, 9.17) is 11.6 Å². The summed E-state index contributed by atoms with van der Waals surface area (Å²) in [6.07, 6.45) is 3.49. The number of carboxylic acids is 2. The molecule has 7 rings (SSSR count). The number of fused-ring (bicyclic) bond motifs is 6. The maximum absolute atomic E-state index is 11.7. The second kappa shape index (κ2) is 10.5. The first-order chi connectivity index (χ1) is 20.6. The molecule has 0 unspecified atom stereocenters. The first-order valence-electron chi connectivity index (χ1n) is 12.8. The summed E-state index contributed by atoms with van der Waals surface area (Å²) in [6, 6.07) is 19.1. The van der Waals surface area contributed by atoms with Crippen LogP contribution >= 0.6 is 11.6 Å². The van der Waals surface area contributed by atoms with Gasteiger partial charge in [0.15, 0.2) is 11.4 Å². The molecule has 0 saturated carbocycles. The van der Waals surface area contributed by atoms with Crippen LogP contribution in [-0.2, 0) is 0 Å². The minimum absolute atomic E-state index is 0.0230. The van der Waals surface area contributed by atoms with E-state index in [1.807, 2.05) is 42.6 Å². The zero-order chi connectivity index (χ0) is 30.4. The van der Waals surface area contributed by atoms with E-state index >= 15 is 0 Å². The van der Waals surface area contributed by atoms with Crippen molar-refractivity contribution in [1.82, 2.24) is 19.9 Å². The molecule has 4 heterocycles. The smallest absolute Gasteiger partial charge is 0.355 e. The SMILES string of the molecule is Cc1c[nH]c2c1c(C(=O)O)nc1ccc([N+](=O)[O-])cc12.O=C(O)c1nc2cc(Cl)ccc2c2[nH]cc(-c3ccccc3)c12. The van der Waals surface area contributed by atoms with Crippen LogP contribution in [0.1, 0.15) is 26.5 Å². The molecule has 3 aromatic carbocycles. The topological polar surface area (TPSA) is 175 Å². The van der Waals surface area contributed by atoms with E-state index in [0.717, 1.165) is 27.6 Å². The zero-order valence-corrected chi connectivity index (χ0v) is 23.0. The zero-order valence-electron chi connectivity index (χ0n) is 22.3. The first-order valence-corrected chi connectivity index (χ1v) is 13.2. The molecule has 4 N–H and O–H groups in total. The van der Waals surface area contributed by atoms with Gasteiger partial charge < -0.3 is 20.2 Å². The third kappa shape index (κ3) is 4.77. The van der Waals surface area contributed by atoms with E-state index in [2.05, 4.69) is 19.9 Å². The van der Waals surface area contributed by atoms with E-state index in [-0.39, 0.29) is 17.1 Å². The van der Waals surface area contributed by atoms with Crippen LogP contribution in [0.2, 0.25) is 5.02 Å². The van der Waals surface area contributed by atoms with Gasteiger partial charge in [0.25, 0.3) is 5.69 Å². The van der Waals surface area contributed by atoms with Gasteiger partial charge in [-0.1, -0.05) is 41.9 Å². The number of aromatic amines is 2. The number of aromatic carboxylic acids is 2. The molecular formula is C31H20ClN5O6. The van der Waals surface area contributed by atoms with Crippen molar-refractivity contribution < 1.29 is 24.7 Å². The first kappa shape index (κ1) is 27.4. The van der Waals surface area contributed by atoms with Gasteiger partial charge in [-0.2, -0.15) is 0 Å². The molecule has 0 aliphatic heterocycles. The number of aryl methyl sites for hydroxylation is 1. The van der Waals surface area contributed by atoms with Crippen molar-refractivity contribution in [3.63, 3.8) is 0 Å². The Morgan fingerprint density at radius 2 is 1.47 bits per heavy atom. The number of carbonyl (C=O) groups is 2. The highest BCUT2D eigenvalue weighted by atomic mass is 35.5. The Labute approximate surface area is 246 Å². The maximum Gasteiger partial charge on any atom is 0.355 e. The monoisotopic (exact) mass is 593 g/mol. The summed E-state index contributed by atoms with van der Waals surface area (Å²) in [5, 5.41) is 32.7. The van der Waals surface area contributed by atoms with Gasteiger partial charge in [0.1, 0.15) is 0 Å². The standard InChI is InChI=1S/C18H11ClN2O2.C13H9N3O4/c19-11-6-7-12-14(8-11)21-17(18(22)23)15-13(9-20-16(12)15)10-4-2-1-3-5-10;1-6-5-14-11-8-4-7(16(19)20)2-3-9(8)15-12(10(6)11)13(17)18/h1-9,20H,(H,22,23);2-5,14H,1H3,(H,17,18). The summed E-state index contributed by atoms with van der Waals surface area (Å²) >= 11 is 6.01. The van der Waals surface area contributed by atoms with Crippen LogP contribution in [0.3, 0.4) is 0 Å². The highest BCUT2D eigenvalue weighted by Gasteiger charge is 2.20. The van der Waals surface area contributed by atoms with Crippen LogP contribution in [0.5, 0.6) is 0 Å². The predicted molar refractivity (Wildman–Crippen MR) is 163 cm³/mol. The molecule has 7 aromatic rings. The van der Waals surface area contributed by atoms with Crippen LogP contribution in [0, 0.1) is 17.0 Å². The Morgan fingerprint density at radius 1 is 0.814 bits per heavy atom. The number of nitro groups is 1. The van der Waals surface area contributed by atoms with Crippen LogP contribution in [0.4, 0.5) is 5.69 Å². The fraction of sp³-hybridized carbons (Fsp3) is 0.0323.